The first kappa shape index (κ1) is 19.2. The van der Waals surface area contributed by atoms with Crippen LogP contribution in [0, 0.1) is 0 Å². The number of carbonyl (C=O) groups is 1. The van der Waals surface area contributed by atoms with Gasteiger partial charge in [-0.3, -0.25) is 4.79 Å². The Hall–Kier alpha value is -0.790. The summed E-state index contributed by atoms with van der Waals surface area (Å²) in [6, 6.07) is 0. The highest BCUT2D eigenvalue weighted by atomic mass is 16.5. The largest absolute Gasteiger partial charge is 0.466 e. The molecule has 0 heterocycles. The molecule has 0 saturated carbocycles. The van der Waals surface area contributed by atoms with Crippen LogP contribution in [0.25, 0.3) is 0 Å². The fourth-order valence-electron chi connectivity index (χ4n) is 2.10. The van der Waals surface area contributed by atoms with Gasteiger partial charge in [0.05, 0.1) is 6.61 Å². The smallest absolute Gasteiger partial charge is 0.305 e. The van der Waals surface area contributed by atoms with Gasteiger partial charge in [-0.1, -0.05) is 64.5 Å². The molecule has 118 valence electrons. The van der Waals surface area contributed by atoms with Gasteiger partial charge in [-0.2, -0.15) is 0 Å². The van der Waals surface area contributed by atoms with E-state index in [0.717, 1.165) is 25.7 Å². The molecular weight excluding hydrogens is 248 g/mol. The molecule has 0 rings (SSSR count). The van der Waals surface area contributed by atoms with Gasteiger partial charge >= 0.3 is 5.97 Å². The fraction of sp³-hybridized carbons (Fsp3) is 0.833. The van der Waals surface area contributed by atoms with Crippen LogP contribution >= 0.6 is 0 Å². The molecule has 0 N–H and O–H groups in total. The van der Waals surface area contributed by atoms with Crippen molar-refractivity contribution < 1.29 is 9.53 Å². The van der Waals surface area contributed by atoms with E-state index >= 15 is 0 Å². The molecule has 2 heteroatoms. The van der Waals surface area contributed by atoms with E-state index in [1.54, 1.807) is 0 Å². The predicted molar refractivity (Wildman–Crippen MR) is 86.9 cm³/mol. The van der Waals surface area contributed by atoms with Crippen molar-refractivity contribution in [1.29, 1.82) is 0 Å². The lowest BCUT2D eigenvalue weighted by atomic mass is 10.1. The normalized spacial score (nSPS) is 11.1. The number of carbonyl (C=O) groups excluding carboxylic acids is 1. The Kier molecular flexibility index (Phi) is 15.6. The molecule has 0 spiro atoms. The van der Waals surface area contributed by atoms with Crippen LogP contribution in [0.15, 0.2) is 12.2 Å². The molecule has 0 aromatic carbocycles. The lowest BCUT2D eigenvalue weighted by Gasteiger charge is -2.04. The van der Waals surface area contributed by atoms with Gasteiger partial charge in [0, 0.05) is 6.42 Å². The third kappa shape index (κ3) is 15.3. The molecule has 0 atom stereocenters. The van der Waals surface area contributed by atoms with E-state index in [1.807, 2.05) is 0 Å². The number of hydrogen-bond donors (Lipinski definition) is 0. The van der Waals surface area contributed by atoms with E-state index in [0.29, 0.717) is 13.0 Å². The minimum atomic E-state index is -0.0128. The van der Waals surface area contributed by atoms with Gasteiger partial charge in [-0.15, -0.1) is 0 Å². The summed E-state index contributed by atoms with van der Waals surface area (Å²) >= 11 is 0. The molecule has 20 heavy (non-hydrogen) atoms. The second kappa shape index (κ2) is 16.3. The highest BCUT2D eigenvalue weighted by Crippen LogP contribution is 2.10. The zero-order chi connectivity index (χ0) is 14.9. The summed E-state index contributed by atoms with van der Waals surface area (Å²) in [5.74, 6) is -0.0128. The van der Waals surface area contributed by atoms with Crippen LogP contribution in [-0.2, 0) is 9.53 Å². The van der Waals surface area contributed by atoms with Gasteiger partial charge in [0.15, 0.2) is 0 Å². The first-order chi connectivity index (χ1) is 9.81. The monoisotopic (exact) mass is 282 g/mol. The van der Waals surface area contributed by atoms with Crippen LogP contribution in [0.5, 0.6) is 0 Å². The summed E-state index contributed by atoms with van der Waals surface area (Å²) < 4.78 is 5.13. The third-order valence-electron chi connectivity index (χ3n) is 3.42. The molecule has 0 aliphatic carbocycles. The van der Waals surface area contributed by atoms with Crippen molar-refractivity contribution in [2.24, 2.45) is 0 Å². The second-order valence-corrected chi connectivity index (χ2v) is 5.47. The minimum Gasteiger partial charge on any atom is -0.466 e. The molecule has 2 nitrogen and oxygen atoms in total. The molecule has 0 aliphatic rings. The van der Waals surface area contributed by atoms with Gasteiger partial charge in [0.2, 0.25) is 0 Å². The van der Waals surface area contributed by atoms with Crippen LogP contribution in [0.1, 0.15) is 90.9 Å². The highest BCUT2D eigenvalue weighted by molar-refractivity contribution is 5.69. The third-order valence-corrected chi connectivity index (χ3v) is 3.42. The van der Waals surface area contributed by atoms with E-state index in [1.165, 1.54) is 44.9 Å². The number of esters is 1. The van der Waals surface area contributed by atoms with Crippen molar-refractivity contribution >= 4 is 5.97 Å². The highest BCUT2D eigenvalue weighted by Gasteiger charge is 2.01. The summed E-state index contributed by atoms with van der Waals surface area (Å²) in [6.45, 7) is 4.88. The topological polar surface area (TPSA) is 26.3 Å². The molecule has 0 aromatic rings. The standard InChI is InChI=1S/C18H34O2/c1-3-5-7-8-9-10-11-12-13-14-15-16-18(19)20-17-6-4-2/h5,7H,3-4,6,8-17H2,1-2H3/b7-5+. The van der Waals surface area contributed by atoms with Crippen molar-refractivity contribution in [2.75, 3.05) is 6.61 Å². The SMILES string of the molecule is CC/C=C/CCCCCCCCCC(=O)OCCCC. The minimum absolute atomic E-state index is 0.0128. The molecule has 0 bridgehead atoms. The predicted octanol–water partition coefficient (Wildman–Crippen LogP) is 5.81. The Morgan fingerprint density at radius 1 is 0.850 bits per heavy atom. The molecule has 0 radical (unpaired) electrons. The lowest BCUT2D eigenvalue weighted by molar-refractivity contribution is -0.143. The maximum atomic E-state index is 11.3. The average Bonchev–Trinajstić information content (AvgIpc) is 2.45. The zero-order valence-electron chi connectivity index (χ0n) is 13.7. The summed E-state index contributed by atoms with van der Waals surface area (Å²) in [4.78, 5) is 11.3. The number of rotatable bonds is 14. The van der Waals surface area contributed by atoms with Gasteiger partial charge < -0.3 is 4.74 Å². The molecule has 0 saturated heterocycles. The molecule has 0 aliphatic heterocycles. The Bertz CT molecular complexity index is 234. The molecule has 0 fully saturated rings. The number of ether oxygens (including phenoxy) is 1. The van der Waals surface area contributed by atoms with E-state index in [9.17, 15) is 4.79 Å². The van der Waals surface area contributed by atoms with E-state index in [-0.39, 0.29) is 5.97 Å². The fourth-order valence-corrected chi connectivity index (χ4v) is 2.10. The van der Waals surface area contributed by atoms with Crippen LogP contribution < -0.4 is 0 Å². The maximum absolute atomic E-state index is 11.3. The van der Waals surface area contributed by atoms with E-state index in [4.69, 9.17) is 4.74 Å². The molecule has 0 amide bonds. The van der Waals surface area contributed by atoms with Crippen LogP contribution in [0.2, 0.25) is 0 Å². The summed E-state index contributed by atoms with van der Waals surface area (Å²) in [7, 11) is 0. The first-order valence-electron chi connectivity index (χ1n) is 8.61. The van der Waals surface area contributed by atoms with Crippen molar-refractivity contribution in [3.63, 3.8) is 0 Å². The Balaban J connectivity index is 3.12. The number of hydrogen-bond acceptors (Lipinski definition) is 2. The van der Waals surface area contributed by atoms with Gasteiger partial charge in [0.25, 0.3) is 0 Å². The number of allylic oxidation sites excluding steroid dienone is 2. The van der Waals surface area contributed by atoms with E-state index < -0.39 is 0 Å². The van der Waals surface area contributed by atoms with Gasteiger partial charge in [-0.25, -0.2) is 0 Å². The Morgan fingerprint density at radius 2 is 1.50 bits per heavy atom. The van der Waals surface area contributed by atoms with Crippen LogP contribution in [-0.4, -0.2) is 12.6 Å². The first-order valence-corrected chi connectivity index (χ1v) is 8.61. The second-order valence-electron chi connectivity index (χ2n) is 5.47. The van der Waals surface area contributed by atoms with Crippen molar-refractivity contribution in [1.82, 2.24) is 0 Å². The molecule has 0 aromatic heterocycles. The average molecular weight is 282 g/mol. The van der Waals surface area contributed by atoms with E-state index in [2.05, 4.69) is 26.0 Å². The maximum Gasteiger partial charge on any atom is 0.305 e. The van der Waals surface area contributed by atoms with Gasteiger partial charge in [0.1, 0.15) is 0 Å². The lowest BCUT2D eigenvalue weighted by Crippen LogP contribution is -2.05. The summed E-state index contributed by atoms with van der Waals surface area (Å²) in [6.07, 6.45) is 18.3. The Morgan fingerprint density at radius 3 is 2.15 bits per heavy atom. The summed E-state index contributed by atoms with van der Waals surface area (Å²) in [5, 5.41) is 0. The quantitative estimate of drug-likeness (QED) is 0.228. The summed E-state index contributed by atoms with van der Waals surface area (Å²) in [5.41, 5.74) is 0. The Labute approximate surface area is 126 Å². The van der Waals surface area contributed by atoms with Crippen molar-refractivity contribution in [3.05, 3.63) is 12.2 Å². The number of unbranched alkanes of at least 4 members (excludes halogenated alkanes) is 8. The molecule has 0 unspecified atom stereocenters. The van der Waals surface area contributed by atoms with Crippen molar-refractivity contribution in [2.45, 2.75) is 90.9 Å². The van der Waals surface area contributed by atoms with Crippen LogP contribution in [0.3, 0.4) is 0 Å². The van der Waals surface area contributed by atoms with Crippen LogP contribution in [0.4, 0.5) is 0 Å². The van der Waals surface area contributed by atoms with Crippen molar-refractivity contribution in [3.8, 4) is 0 Å². The zero-order valence-corrected chi connectivity index (χ0v) is 13.7. The molecular formula is C18H34O2. The van der Waals surface area contributed by atoms with Gasteiger partial charge in [-0.05, 0) is 32.1 Å².